The van der Waals surface area contributed by atoms with E-state index in [1.165, 1.54) is 7.11 Å². The van der Waals surface area contributed by atoms with Crippen molar-refractivity contribution < 1.29 is 14.6 Å². The molecule has 0 unspecified atom stereocenters. The maximum Gasteiger partial charge on any atom is 0.314 e. The molecule has 1 aromatic heterocycles. The van der Waals surface area contributed by atoms with Gasteiger partial charge in [-0.2, -0.15) is 0 Å². The molecule has 0 aliphatic heterocycles. The molecule has 0 radical (unpaired) electrons. The Balaban J connectivity index is 2.37. The number of aliphatic carboxylic acids is 1. The molecule has 1 saturated carbocycles. The zero-order valence-electron chi connectivity index (χ0n) is 9.01. The number of hydrogen-bond acceptors (Lipinski definition) is 4. The van der Waals surface area contributed by atoms with Crippen LogP contribution in [0.3, 0.4) is 0 Å². The van der Waals surface area contributed by atoms with Crippen LogP contribution in [0.2, 0.25) is 0 Å². The highest BCUT2D eigenvalue weighted by Gasteiger charge is 2.50. The van der Waals surface area contributed by atoms with Crippen molar-refractivity contribution in [2.45, 2.75) is 24.3 Å². The Bertz CT molecular complexity index is 413. The lowest BCUT2D eigenvalue weighted by molar-refractivity contribution is -0.148. The minimum Gasteiger partial charge on any atom is -0.495 e. The smallest absolute Gasteiger partial charge is 0.314 e. The first kappa shape index (κ1) is 10.9. The Morgan fingerprint density at radius 2 is 2.31 bits per heavy atom. The van der Waals surface area contributed by atoms with E-state index in [9.17, 15) is 9.90 Å². The molecule has 0 amide bonds. The van der Waals surface area contributed by atoms with Gasteiger partial charge >= 0.3 is 5.97 Å². The molecule has 0 saturated heterocycles. The van der Waals surface area contributed by atoms with E-state index in [-0.39, 0.29) is 6.04 Å². The molecule has 0 atom stereocenters. The maximum absolute atomic E-state index is 11.3. The third-order valence-corrected chi connectivity index (χ3v) is 3.13. The van der Waals surface area contributed by atoms with E-state index in [2.05, 4.69) is 4.98 Å². The predicted molar refractivity (Wildman–Crippen MR) is 57.3 cm³/mol. The minimum atomic E-state index is -0.874. The van der Waals surface area contributed by atoms with E-state index in [4.69, 9.17) is 10.5 Å². The van der Waals surface area contributed by atoms with Gasteiger partial charge in [-0.05, 0) is 24.5 Å². The van der Waals surface area contributed by atoms with Gasteiger partial charge in [-0.3, -0.25) is 9.78 Å². The number of hydrogen-bond donors (Lipinski definition) is 2. The standard InChI is InChI=1S/C11H14N2O3/c1-16-9-2-7(5-13-6-9)11(10(14)15)3-8(12)4-11/h2,5-6,8H,3-4,12H2,1H3,(H,14,15). The molecule has 1 aliphatic rings. The highest BCUT2D eigenvalue weighted by atomic mass is 16.5. The number of nitrogens with zero attached hydrogens (tertiary/aromatic N) is 1. The number of aromatic nitrogens is 1. The quantitative estimate of drug-likeness (QED) is 0.779. The van der Waals surface area contributed by atoms with Crippen LogP contribution in [0.15, 0.2) is 18.5 Å². The monoisotopic (exact) mass is 222 g/mol. The molecule has 0 spiro atoms. The summed E-state index contributed by atoms with van der Waals surface area (Å²) in [6.07, 6.45) is 4.04. The van der Waals surface area contributed by atoms with E-state index < -0.39 is 11.4 Å². The van der Waals surface area contributed by atoms with Crippen LogP contribution in [0, 0.1) is 0 Å². The Hall–Kier alpha value is -1.62. The summed E-state index contributed by atoms with van der Waals surface area (Å²) < 4.78 is 5.04. The number of carboxylic acid groups (broad SMARTS) is 1. The number of nitrogens with two attached hydrogens (primary N) is 1. The van der Waals surface area contributed by atoms with Crippen molar-refractivity contribution in [1.82, 2.24) is 4.98 Å². The van der Waals surface area contributed by atoms with E-state index in [0.717, 1.165) is 0 Å². The summed E-state index contributed by atoms with van der Waals surface area (Å²) in [7, 11) is 1.53. The average molecular weight is 222 g/mol. The van der Waals surface area contributed by atoms with E-state index in [1.54, 1.807) is 18.5 Å². The fourth-order valence-electron chi connectivity index (χ4n) is 2.16. The molecule has 0 aromatic carbocycles. The van der Waals surface area contributed by atoms with E-state index in [1.807, 2.05) is 0 Å². The summed E-state index contributed by atoms with van der Waals surface area (Å²) in [4.78, 5) is 15.3. The molecule has 16 heavy (non-hydrogen) atoms. The summed E-state index contributed by atoms with van der Waals surface area (Å²) in [5.74, 6) is -0.275. The first-order chi connectivity index (χ1) is 7.58. The molecule has 1 aromatic rings. The van der Waals surface area contributed by atoms with Gasteiger partial charge in [0.1, 0.15) is 5.75 Å². The summed E-state index contributed by atoms with van der Waals surface area (Å²) >= 11 is 0. The Morgan fingerprint density at radius 1 is 1.62 bits per heavy atom. The van der Waals surface area contributed by atoms with Crippen molar-refractivity contribution in [2.75, 3.05) is 7.11 Å². The van der Waals surface area contributed by atoms with Gasteiger partial charge in [-0.1, -0.05) is 0 Å². The molecule has 2 rings (SSSR count). The van der Waals surface area contributed by atoms with Gasteiger partial charge in [0.25, 0.3) is 0 Å². The third-order valence-electron chi connectivity index (χ3n) is 3.13. The molecular weight excluding hydrogens is 208 g/mol. The molecule has 1 heterocycles. The van der Waals surface area contributed by atoms with Gasteiger partial charge in [-0.15, -0.1) is 0 Å². The SMILES string of the molecule is COc1cncc(C2(C(=O)O)CC(N)C2)c1. The summed E-state index contributed by atoms with van der Waals surface area (Å²) in [6, 6.07) is 1.68. The van der Waals surface area contributed by atoms with Gasteiger partial charge in [0.05, 0.1) is 18.7 Å². The summed E-state index contributed by atoms with van der Waals surface area (Å²) in [6.45, 7) is 0. The largest absolute Gasteiger partial charge is 0.495 e. The fourth-order valence-corrected chi connectivity index (χ4v) is 2.16. The number of methoxy groups -OCH3 is 1. The van der Waals surface area contributed by atoms with Gasteiger partial charge in [0.15, 0.2) is 0 Å². The molecule has 1 fully saturated rings. The topological polar surface area (TPSA) is 85.4 Å². The van der Waals surface area contributed by atoms with Gasteiger partial charge in [0, 0.05) is 12.2 Å². The summed E-state index contributed by atoms with van der Waals surface area (Å²) in [5, 5.41) is 9.29. The second-order valence-electron chi connectivity index (χ2n) is 4.17. The molecule has 1 aliphatic carbocycles. The Labute approximate surface area is 93.2 Å². The number of carbonyl (C=O) groups is 1. The maximum atomic E-state index is 11.3. The third kappa shape index (κ3) is 1.53. The second kappa shape index (κ2) is 3.75. The van der Waals surface area contributed by atoms with Gasteiger partial charge in [0.2, 0.25) is 0 Å². The molecule has 0 bridgehead atoms. The van der Waals surface area contributed by atoms with Crippen molar-refractivity contribution in [1.29, 1.82) is 0 Å². The lowest BCUT2D eigenvalue weighted by Crippen LogP contribution is -2.54. The number of pyridine rings is 1. The van der Waals surface area contributed by atoms with Crippen molar-refractivity contribution >= 4 is 5.97 Å². The number of rotatable bonds is 3. The first-order valence-corrected chi connectivity index (χ1v) is 5.07. The van der Waals surface area contributed by atoms with Crippen LogP contribution in [0.1, 0.15) is 18.4 Å². The molecule has 3 N–H and O–H groups in total. The highest BCUT2D eigenvalue weighted by molar-refractivity contribution is 5.83. The van der Waals surface area contributed by atoms with Crippen LogP contribution in [-0.4, -0.2) is 29.2 Å². The van der Waals surface area contributed by atoms with Crippen molar-refractivity contribution in [3.8, 4) is 5.75 Å². The number of carboxylic acids is 1. The zero-order valence-corrected chi connectivity index (χ0v) is 9.01. The zero-order chi connectivity index (χ0) is 11.8. The minimum absolute atomic E-state index is 0.0395. The normalized spacial score (nSPS) is 28.2. The lowest BCUT2D eigenvalue weighted by Gasteiger charge is -2.42. The molecule has 5 nitrogen and oxygen atoms in total. The predicted octanol–water partition coefficient (Wildman–Crippen LogP) is 0.534. The van der Waals surface area contributed by atoms with Crippen LogP contribution in [0.5, 0.6) is 5.75 Å². The van der Waals surface area contributed by atoms with Gasteiger partial charge in [-0.25, -0.2) is 0 Å². The van der Waals surface area contributed by atoms with Crippen molar-refractivity contribution in [3.63, 3.8) is 0 Å². The first-order valence-electron chi connectivity index (χ1n) is 5.07. The average Bonchev–Trinajstić information content (AvgIpc) is 2.24. The second-order valence-corrected chi connectivity index (χ2v) is 4.17. The van der Waals surface area contributed by atoms with Crippen molar-refractivity contribution in [3.05, 3.63) is 24.0 Å². The van der Waals surface area contributed by atoms with Crippen molar-refractivity contribution in [2.24, 2.45) is 5.73 Å². The lowest BCUT2D eigenvalue weighted by atomic mass is 9.62. The number of ether oxygens (including phenoxy) is 1. The highest BCUT2D eigenvalue weighted by Crippen LogP contribution is 2.43. The Morgan fingerprint density at radius 3 is 2.81 bits per heavy atom. The van der Waals surface area contributed by atoms with E-state index >= 15 is 0 Å². The molecule has 86 valence electrons. The van der Waals surface area contributed by atoms with Gasteiger partial charge < -0.3 is 15.6 Å². The van der Waals surface area contributed by atoms with Crippen LogP contribution >= 0.6 is 0 Å². The summed E-state index contributed by atoms with van der Waals surface area (Å²) in [5.41, 5.74) is 5.48. The fraction of sp³-hybridized carbons (Fsp3) is 0.455. The molecule has 5 heteroatoms. The van der Waals surface area contributed by atoms with Crippen LogP contribution in [0.25, 0.3) is 0 Å². The van der Waals surface area contributed by atoms with Crippen LogP contribution < -0.4 is 10.5 Å². The van der Waals surface area contributed by atoms with Crippen LogP contribution in [0.4, 0.5) is 0 Å². The molecular formula is C11H14N2O3. The van der Waals surface area contributed by atoms with E-state index in [0.29, 0.717) is 24.2 Å². The van der Waals surface area contributed by atoms with Crippen LogP contribution in [-0.2, 0) is 10.2 Å². The Kier molecular flexibility index (Phi) is 2.55.